The first-order valence-electron chi connectivity index (χ1n) is 6.23. The standard InChI is InChI=1S/C14H18N2OS2/c1-3-15-13(10-19-14-16-8-9-18-14)11-4-6-12(17-2)7-5-11/h4-9,13,15H,3,10H2,1-2H3. The summed E-state index contributed by atoms with van der Waals surface area (Å²) in [5, 5.41) is 5.53. The molecular weight excluding hydrogens is 276 g/mol. The smallest absolute Gasteiger partial charge is 0.149 e. The molecule has 1 heterocycles. The van der Waals surface area contributed by atoms with Crippen LogP contribution in [0.2, 0.25) is 0 Å². The molecule has 1 unspecified atom stereocenters. The van der Waals surface area contributed by atoms with E-state index in [1.807, 2.05) is 23.7 Å². The molecule has 0 aliphatic carbocycles. The molecule has 0 bridgehead atoms. The van der Waals surface area contributed by atoms with Gasteiger partial charge in [0.25, 0.3) is 0 Å². The summed E-state index contributed by atoms with van der Waals surface area (Å²) in [5.74, 6) is 1.87. The lowest BCUT2D eigenvalue weighted by Gasteiger charge is -2.17. The van der Waals surface area contributed by atoms with Gasteiger partial charge in [-0.2, -0.15) is 0 Å². The number of rotatable bonds is 7. The molecule has 0 aliphatic heterocycles. The minimum absolute atomic E-state index is 0.338. The predicted molar refractivity (Wildman–Crippen MR) is 82.2 cm³/mol. The van der Waals surface area contributed by atoms with Crippen LogP contribution in [0.15, 0.2) is 40.2 Å². The molecule has 0 saturated carbocycles. The van der Waals surface area contributed by atoms with Crippen LogP contribution in [0.4, 0.5) is 0 Å². The third kappa shape index (κ3) is 4.23. The van der Waals surface area contributed by atoms with Gasteiger partial charge in [0.1, 0.15) is 10.1 Å². The van der Waals surface area contributed by atoms with Crippen molar-refractivity contribution < 1.29 is 4.74 Å². The first-order chi connectivity index (χ1) is 9.33. The summed E-state index contributed by atoms with van der Waals surface area (Å²) in [6, 6.07) is 8.59. The van der Waals surface area contributed by atoms with E-state index in [-0.39, 0.29) is 0 Å². The minimum atomic E-state index is 0.338. The molecule has 0 fully saturated rings. The molecule has 19 heavy (non-hydrogen) atoms. The highest BCUT2D eigenvalue weighted by Gasteiger charge is 2.11. The first-order valence-corrected chi connectivity index (χ1v) is 8.09. The van der Waals surface area contributed by atoms with E-state index in [1.54, 1.807) is 30.2 Å². The fraction of sp³-hybridized carbons (Fsp3) is 0.357. The molecule has 2 aromatic rings. The molecule has 3 nitrogen and oxygen atoms in total. The highest BCUT2D eigenvalue weighted by Crippen LogP contribution is 2.27. The fourth-order valence-electron chi connectivity index (χ4n) is 1.79. The van der Waals surface area contributed by atoms with Crippen molar-refractivity contribution in [2.75, 3.05) is 19.4 Å². The zero-order valence-corrected chi connectivity index (χ0v) is 12.8. The quantitative estimate of drug-likeness (QED) is 0.791. The maximum Gasteiger partial charge on any atom is 0.149 e. The van der Waals surface area contributed by atoms with E-state index in [0.29, 0.717) is 6.04 Å². The van der Waals surface area contributed by atoms with Crippen LogP contribution < -0.4 is 10.1 Å². The Bertz CT molecular complexity index is 471. The second-order valence-electron chi connectivity index (χ2n) is 3.99. The predicted octanol–water partition coefficient (Wildman–Crippen LogP) is 3.59. The first kappa shape index (κ1) is 14.4. The van der Waals surface area contributed by atoms with Gasteiger partial charge >= 0.3 is 0 Å². The van der Waals surface area contributed by atoms with E-state index in [9.17, 15) is 0 Å². The number of hydrogen-bond acceptors (Lipinski definition) is 5. The van der Waals surface area contributed by atoms with E-state index in [0.717, 1.165) is 22.4 Å². The average Bonchev–Trinajstić information content (AvgIpc) is 2.97. The number of benzene rings is 1. The summed E-state index contributed by atoms with van der Waals surface area (Å²) < 4.78 is 6.32. The summed E-state index contributed by atoms with van der Waals surface area (Å²) in [6.45, 7) is 3.08. The van der Waals surface area contributed by atoms with Gasteiger partial charge in [-0.25, -0.2) is 4.98 Å². The Morgan fingerprint density at radius 2 is 2.16 bits per heavy atom. The van der Waals surface area contributed by atoms with Crippen molar-refractivity contribution in [2.24, 2.45) is 0 Å². The molecule has 1 aromatic carbocycles. The minimum Gasteiger partial charge on any atom is -0.497 e. The highest BCUT2D eigenvalue weighted by molar-refractivity contribution is 8.01. The molecule has 0 radical (unpaired) electrons. The molecule has 0 aliphatic rings. The van der Waals surface area contributed by atoms with E-state index >= 15 is 0 Å². The second-order valence-corrected chi connectivity index (χ2v) is 6.15. The van der Waals surface area contributed by atoms with Crippen molar-refractivity contribution in [1.82, 2.24) is 10.3 Å². The van der Waals surface area contributed by atoms with Gasteiger partial charge in [-0.15, -0.1) is 11.3 Å². The molecule has 2 rings (SSSR count). The van der Waals surface area contributed by atoms with Crippen molar-refractivity contribution in [2.45, 2.75) is 17.3 Å². The summed E-state index contributed by atoms with van der Waals surface area (Å²) in [5.41, 5.74) is 1.28. The summed E-state index contributed by atoms with van der Waals surface area (Å²) in [6.07, 6.45) is 1.85. The summed E-state index contributed by atoms with van der Waals surface area (Å²) in [4.78, 5) is 4.30. The number of nitrogens with zero attached hydrogens (tertiary/aromatic N) is 1. The molecule has 0 saturated heterocycles. The molecule has 1 N–H and O–H groups in total. The van der Waals surface area contributed by atoms with Gasteiger partial charge < -0.3 is 10.1 Å². The van der Waals surface area contributed by atoms with E-state index in [1.165, 1.54) is 5.56 Å². The fourth-order valence-corrected chi connectivity index (χ4v) is 3.55. The van der Waals surface area contributed by atoms with Crippen molar-refractivity contribution >= 4 is 23.1 Å². The Labute approximate surface area is 122 Å². The lowest BCUT2D eigenvalue weighted by molar-refractivity contribution is 0.414. The highest BCUT2D eigenvalue weighted by atomic mass is 32.2. The number of hydrogen-bond donors (Lipinski definition) is 1. The Morgan fingerprint density at radius 1 is 1.37 bits per heavy atom. The molecular formula is C14H18N2OS2. The van der Waals surface area contributed by atoms with E-state index in [4.69, 9.17) is 4.74 Å². The summed E-state index contributed by atoms with van der Waals surface area (Å²) >= 11 is 3.48. The lowest BCUT2D eigenvalue weighted by Crippen LogP contribution is -2.22. The zero-order chi connectivity index (χ0) is 13.5. The van der Waals surface area contributed by atoms with Crippen LogP contribution in [0.1, 0.15) is 18.5 Å². The molecule has 102 valence electrons. The van der Waals surface area contributed by atoms with E-state index in [2.05, 4.69) is 29.4 Å². The van der Waals surface area contributed by atoms with Crippen molar-refractivity contribution in [3.63, 3.8) is 0 Å². The number of methoxy groups -OCH3 is 1. The monoisotopic (exact) mass is 294 g/mol. The molecule has 0 amide bonds. The number of thioether (sulfide) groups is 1. The van der Waals surface area contributed by atoms with Gasteiger partial charge in [-0.05, 0) is 24.2 Å². The zero-order valence-electron chi connectivity index (χ0n) is 11.1. The topological polar surface area (TPSA) is 34.2 Å². The maximum atomic E-state index is 5.19. The van der Waals surface area contributed by atoms with Gasteiger partial charge in [0, 0.05) is 23.4 Å². The van der Waals surface area contributed by atoms with Crippen LogP contribution in [-0.4, -0.2) is 24.4 Å². The SMILES string of the molecule is CCNC(CSc1nccs1)c1ccc(OC)cc1. The largest absolute Gasteiger partial charge is 0.497 e. The molecule has 1 atom stereocenters. The molecule has 1 aromatic heterocycles. The Morgan fingerprint density at radius 3 is 2.74 bits per heavy atom. The van der Waals surface area contributed by atoms with Crippen LogP contribution in [-0.2, 0) is 0 Å². The normalized spacial score (nSPS) is 12.3. The van der Waals surface area contributed by atoms with Gasteiger partial charge in [0.05, 0.1) is 7.11 Å². The number of thiazole rings is 1. The van der Waals surface area contributed by atoms with Crippen LogP contribution in [0.5, 0.6) is 5.75 Å². The van der Waals surface area contributed by atoms with Crippen LogP contribution in [0.3, 0.4) is 0 Å². The third-order valence-corrected chi connectivity index (χ3v) is 4.81. The number of nitrogens with one attached hydrogen (secondary N) is 1. The summed E-state index contributed by atoms with van der Waals surface area (Å²) in [7, 11) is 1.69. The number of ether oxygens (including phenoxy) is 1. The molecule has 5 heteroatoms. The van der Waals surface area contributed by atoms with Gasteiger partial charge in [-0.1, -0.05) is 30.8 Å². The van der Waals surface area contributed by atoms with Crippen molar-refractivity contribution in [3.05, 3.63) is 41.4 Å². The van der Waals surface area contributed by atoms with Crippen molar-refractivity contribution in [3.8, 4) is 5.75 Å². The van der Waals surface area contributed by atoms with Gasteiger partial charge in [-0.3, -0.25) is 0 Å². The Balaban J connectivity index is 2.01. The Hall–Kier alpha value is -1.04. The average molecular weight is 294 g/mol. The maximum absolute atomic E-state index is 5.19. The number of aromatic nitrogens is 1. The van der Waals surface area contributed by atoms with Crippen molar-refractivity contribution in [1.29, 1.82) is 0 Å². The second kappa shape index (κ2) is 7.53. The van der Waals surface area contributed by atoms with Gasteiger partial charge in [0.15, 0.2) is 0 Å². The van der Waals surface area contributed by atoms with Crippen LogP contribution in [0, 0.1) is 0 Å². The lowest BCUT2D eigenvalue weighted by atomic mass is 10.1. The van der Waals surface area contributed by atoms with Crippen LogP contribution in [0.25, 0.3) is 0 Å². The van der Waals surface area contributed by atoms with E-state index < -0.39 is 0 Å². The van der Waals surface area contributed by atoms with Crippen LogP contribution >= 0.6 is 23.1 Å². The third-order valence-electron chi connectivity index (χ3n) is 2.75. The Kier molecular flexibility index (Phi) is 5.69. The van der Waals surface area contributed by atoms with Gasteiger partial charge in [0.2, 0.25) is 0 Å². The molecule has 0 spiro atoms.